The first-order chi connectivity index (χ1) is 10.6. The van der Waals surface area contributed by atoms with Crippen LogP contribution in [0.25, 0.3) is 5.70 Å². The molecule has 1 aromatic heterocycles. The quantitative estimate of drug-likeness (QED) is 0.170. The third-order valence-electron chi connectivity index (χ3n) is 2.59. The second-order valence-corrected chi connectivity index (χ2v) is 7.00. The van der Waals surface area contributed by atoms with Crippen molar-refractivity contribution in [1.29, 1.82) is 0 Å². The van der Waals surface area contributed by atoms with E-state index in [1.807, 2.05) is 44.4 Å². The van der Waals surface area contributed by atoms with E-state index in [-0.39, 0.29) is 42.8 Å². The summed E-state index contributed by atoms with van der Waals surface area (Å²) in [4.78, 5) is 24.3. The van der Waals surface area contributed by atoms with Crippen molar-refractivity contribution in [3.63, 3.8) is 0 Å². The van der Waals surface area contributed by atoms with Gasteiger partial charge in [0.15, 0.2) is 12.4 Å². The molecule has 0 atom stereocenters. The molecule has 0 N–H and O–H groups in total. The first kappa shape index (κ1) is 22.5. The fraction of sp³-hybridized carbons (Fsp3) is 0.438. The minimum absolute atomic E-state index is 0. The molecule has 0 unspecified atom stereocenters. The number of halogens is 1. The van der Waals surface area contributed by atoms with E-state index >= 15 is 0 Å². The molecule has 1 heterocycles. The van der Waals surface area contributed by atoms with E-state index in [4.69, 9.17) is 4.74 Å². The van der Waals surface area contributed by atoms with Crippen LogP contribution in [0.4, 0.5) is 0 Å². The summed E-state index contributed by atoms with van der Waals surface area (Å²) in [7, 11) is 0. The molecule has 0 aromatic carbocycles. The minimum atomic E-state index is -0.483. The number of carbonyl (C=O) groups is 2. The molecular formula is C16H22INO3S2. The molecular weight excluding hydrogens is 445 g/mol. The minimum Gasteiger partial charge on any atom is -1.00 e. The smallest absolute Gasteiger partial charge is 0.313 e. The van der Waals surface area contributed by atoms with E-state index in [9.17, 15) is 9.59 Å². The van der Waals surface area contributed by atoms with Crippen molar-refractivity contribution in [3.05, 3.63) is 34.8 Å². The highest BCUT2D eigenvalue weighted by Crippen LogP contribution is 2.32. The van der Waals surface area contributed by atoms with Crippen molar-refractivity contribution in [2.75, 3.05) is 18.1 Å². The molecule has 1 aromatic rings. The van der Waals surface area contributed by atoms with E-state index in [1.165, 1.54) is 0 Å². The number of ketones is 1. The maximum absolute atomic E-state index is 12.6. The number of hydrogen-bond donors (Lipinski definition) is 0. The number of carbonyl (C=O) groups excluding carboxylic acids is 2. The highest BCUT2D eigenvalue weighted by atomic mass is 127. The zero-order valence-electron chi connectivity index (χ0n) is 13.6. The fourth-order valence-corrected chi connectivity index (χ4v) is 4.06. The Morgan fingerprint density at radius 1 is 1.00 bits per heavy atom. The number of ether oxygens (including phenoxy) is 1. The molecule has 0 saturated carbocycles. The average molecular weight is 467 g/mol. The van der Waals surface area contributed by atoms with Gasteiger partial charge in [0, 0.05) is 12.1 Å². The Hall–Kier alpha value is -0.540. The summed E-state index contributed by atoms with van der Waals surface area (Å²) in [6.07, 6.45) is 3.42. The van der Waals surface area contributed by atoms with Crippen LogP contribution in [0, 0.1) is 0 Å². The lowest BCUT2D eigenvalue weighted by Crippen LogP contribution is -3.00. The standard InChI is InChI=1S/C16H22NO3S2.HI/c1-4-20-14(19)12-13(18)15(16(21-5-2)22-6-3)17-10-8-7-9-11-17;/h7-11H,4-6,12H2,1-3H3;1H/q+1;/p-1. The van der Waals surface area contributed by atoms with Crippen molar-refractivity contribution < 1.29 is 42.9 Å². The summed E-state index contributed by atoms with van der Waals surface area (Å²) in [6, 6.07) is 5.62. The van der Waals surface area contributed by atoms with Gasteiger partial charge in [0.1, 0.15) is 10.7 Å². The van der Waals surface area contributed by atoms with Crippen molar-refractivity contribution in [3.8, 4) is 0 Å². The van der Waals surface area contributed by atoms with Crippen molar-refractivity contribution >= 4 is 41.0 Å². The number of thioether (sulfide) groups is 2. The topological polar surface area (TPSA) is 47.3 Å². The highest BCUT2D eigenvalue weighted by molar-refractivity contribution is 8.22. The van der Waals surface area contributed by atoms with Crippen LogP contribution in [0.15, 0.2) is 34.8 Å². The predicted octanol–water partition coefficient (Wildman–Crippen LogP) is 0.133. The lowest BCUT2D eigenvalue weighted by atomic mass is 10.2. The van der Waals surface area contributed by atoms with Crippen LogP contribution in [-0.4, -0.2) is 29.9 Å². The van der Waals surface area contributed by atoms with E-state index in [0.29, 0.717) is 5.70 Å². The number of aromatic nitrogens is 1. The molecule has 0 aliphatic heterocycles. The Bertz CT molecular complexity index is 527. The predicted molar refractivity (Wildman–Crippen MR) is 92.4 cm³/mol. The molecule has 0 aliphatic rings. The van der Waals surface area contributed by atoms with Gasteiger partial charge in [-0.05, 0) is 18.4 Å². The largest absolute Gasteiger partial charge is 1.00 e. The van der Waals surface area contributed by atoms with Crippen molar-refractivity contribution in [2.45, 2.75) is 27.2 Å². The van der Waals surface area contributed by atoms with Crippen LogP contribution in [0.3, 0.4) is 0 Å². The Morgan fingerprint density at radius 2 is 1.57 bits per heavy atom. The van der Waals surface area contributed by atoms with Crippen molar-refractivity contribution in [2.24, 2.45) is 0 Å². The summed E-state index contributed by atoms with van der Waals surface area (Å²) in [5.74, 6) is 1.04. The highest BCUT2D eigenvalue weighted by Gasteiger charge is 2.28. The first-order valence-corrected chi connectivity index (χ1v) is 9.26. The number of esters is 1. The number of allylic oxidation sites excluding steroid dienone is 1. The molecule has 0 bridgehead atoms. The number of pyridine rings is 1. The van der Waals surface area contributed by atoms with Crippen LogP contribution >= 0.6 is 23.5 Å². The monoisotopic (exact) mass is 467 g/mol. The van der Waals surface area contributed by atoms with Crippen LogP contribution in [0.5, 0.6) is 0 Å². The molecule has 128 valence electrons. The molecule has 0 aliphatic carbocycles. The normalized spacial score (nSPS) is 9.70. The molecule has 0 fully saturated rings. The zero-order valence-corrected chi connectivity index (χ0v) is 17.4. The van der Waals surface area contributed by atoms with Crippen molar-refractivity contribution in [1.82, 2.24) is 0 Å². The third-order valence-corrected chi connectivity index (χ3v) is 4.79. The number of rotatable bonds is 9. The summed E-state index contributed by atoms with van der Waals surface area (Å²) >= 11 is 3.24. The van der Waals surface area contributed by atoms with E-state index in [1.54, 1.807) is 35.0 Å². The number of hydrogen-bond acceptors (Lipinski definition) is 5. The maximum Gasteiger partial charge on any atom is 0.313 e. The van der Waals surface area contributed by atoms with E-state index in [0.717, 1.165) is 15.7 Å². The molecule has 0 amide bonds. The summed E-state index contributed by atoms with van der Waals surface area (Å²) in [5, 5.41) is 0. The summed E-state index contributed by atoms with van der Waals surface area (Å²) < 4.78 is 7.61. The summed E-state index contributed by atoms with van der Waals surface area (Å²) in [6.45, 7) is 6.11. The zero-order chi connectivity index (χ0) is 16.4. The average Bonchev–Trinajstić information content (AvgIpc) is 2.49. The second-order valence-electron chi connectivity index (χ2n) is 4.19. The van der Waals surface area contributed by atoms with Gasteiger partial charge in [0.25, 0.3) is 5.70 Å². The van der Waals surface area contributed by atoms with Gasteiger partial charge >= 0.3 is 5.97 Å². The van der Waals surface area contributed by atoms with Gasteiger partial charge in [-0.1, -0.05) is 19.9 Å². The molecule has 0 radical (unpaired) electrons. The molecule has 1 rings (SSSR count). The van der Waals surface area contributed by atoms with Gasteiger partial charge in [0.05, 0.1) is 6.61 Å². The van der Waals surface area contributed by atoms with Gasteiger partial charge in [-0.25, -0.2) is 0 Å². The van der Waals surface area contributed by atoms with Crippen LogP contribution in [0.2, 0.25) is 0 Å². The SMILES string of the molecule is CCOC(=O)CC(=O)C(=C(SCC)SCC)[n+]1ccccc1.[I-]. The lowest BCUT2D eigenvalue weighted by Gasteiger charge is -2.08. The van der Waals surface area contributed by atoms with Gasteiger partial charge < -0.3 is 28.7 Å². The summed E-state index contributed by atoms with van der Waals surface area (Å²) in [5.41, 5.74) is 0.548. The first-order valence-electron chi connectivity index (χ1n) is 7.29. The maximum atomic E-state index is 12.6. The van der Waals surface area contributed by atoms with Crippen LogP contribution in [0.1, 0.15) is 27.2 Å². The fourth-order valence-electron chi connectivity index (χ4n) is 1.78. The van der Waals surface area contributed by atoms with Gasteiger partial charge in [-0.2, -0.15) is 4.57 Å². The Balaban J connectivity index is 0.00000484. The Kier molecular flexibility index (Phi) is 12.5. The molecule has 23 heavy (non-hydrogen) atoms. The van der Waals surface area contributed by atoms with Gasteiger partial charge in [-0.3, -0.25) is 9.59 Å². The third kappa shape index (κ3) is 7.71. The second kappa shape index (κ2) is 12.8. The number of Topliss-reactive ketones (excluding diaryl/α,β-unsaturated/α-hetero) is 1. The molecule has 4 nitrogen and oxygen atoms in total. The van der Waals surface area contributed by atoms with Crippen LogP contribution < -0.4 is 28.5 Å². The number of nitrogens with zero attached hydrogens (tertiary/aromatic N) is 1. The van der Waals surface area contributed by atoms with E-state index in [2.05, 4.69) is 0 Å². The molecule has 7 heteroatoms. The van der Waals surface area contributed by atoms with Gasteiger partial charge in [-0.15, -0.1) is 23.5 Å². The molecule has 0 saturated heterocycles. The van der Waals surface area contributed by atoms with Crippen LogP contribution in [-0.2, 0) is 14.3 Å². The Morgan fingerprint density at radius 3 is 2.04 bits per heavy atom. The van der Waals surface area contributed by atoms with Gasteiger partial charge in [0.2, 0.25) is 5.78 Å². The van der Waals surface area contributed by atoms with E-state index < -0.39 is 5.97 Å². The lowest BCUT2D eigenvalue weighted by molar-refractivity contribution is -0.577. The molecule has 0 spiro atoms. The Labute approximate surface area is 163 Å².